The van der Waals surface area contributed by atoms with Gasteiger partial charge in [0.1, 0.15) is 6.54 Å². The van der Waals surface area contributed by atoms with E-state index in [1.54, 1.807) is 6.08 Å². The topological polar surface area (TPSA) is 118 Å². The van der Waals surface area contributed by atoms with Gasteiger partial charge in [-0.15, -0.1) is 0 Å². The first kappa shape index (κ1) is 20.8. The standard InChI is InChI=1S/C18H22N2O7/c1-9-11(5-10-6-14(27-4)12(21)7-13(10)26-3)17(24)20(8-15(22)23)18(25)16(9)19-2/h5,10,12-14,21H,6-8H2,1,3-4H3,(H,22,23)/b11-5-. The van der Waals surface area contributed by atoms with Gasteiger partial charge in [0.25, 0.3) is 17.5 Å². The fraction of sp³-hybridized carbons (Fsp3) is 0.556. The predicted molar refractivity (Wildman–Crippen MR) is 92.1 cm³/mol. The fourth-order valence-corrected chi connectivity index (χ4v) is 3.48. The Kier molecular flexibility index (Phi) is 6.49. The van der Waals surface area contributed by atoms with Crippen LogP contribution < -0.4 is 0 Å². The third-order valence-corrected chi connectivity index (χ3v) is 4.96. The second-order valence-corrected chi connectivity index (χ2v) is 6.51. The highest BCUT2D eigenvalue weighted by Crippen LogP contribution is 2.34. The van der Waals surface area contributed by atoms with Gasteiger partial charge >= 0.3 is 5.97 Å². The minimum absolute atomic E-state index is 0.0974. The van der Waals surface area contributed by atoms with E-state index < -0.39 is 36.5 Å². The summed E-state index contributed by atoms with van der Waals surface area (Å²) in [5.74, 6) is -3.34. The molecule has 0 radical (unpaired) electrons. The number of rotatable bonds is 5. The lowest BCUT2D eigenvalue weighted by Gasteiger charge is -2.37. The van der Waals surface area contributed by atoms with Crippen molar-refractivity contribution in [2.45, 2.75) is 38.1 Å². The predicted octanol–water partition coefficient (Wildman–Crippen LogP) is 0.360. The zero-order valence-electron chi connectivity index (χ0n) is 15.3. The van der Waals surface area contributed by atoms with E-state index in [4.69, 9.17) is 21.2 Å². The van der Waals surface area contributed by atoms with E-state index in [-0.39, 0.29) is 28.9 Å². The maximum atomic E-state index is 12.7. The smallest absolute Gasteiger partial charge is 0.323 e. The monoisotopic (exact) mass is 378 g/mol. The molecule has 0 saturated heterocycles. The summed E-state index contributed by atoms with van der Waals surface area (Å²) < 4.78 is 10.7. The molecule has 0 aromatic heterocycles. The summed E-state index contributed by atoms with van der Waals surface area (Å²) in [6, 6.07) is 0. The molecule has 2 aliphatic rings. The van der Waals surface area contributed by atoms with Crippen LogP contribution in [0.1, 0.15) is 19.8 Å². The number of aliphatic carboxylic acids is 1. The number of carbonyl (C=O) groups is 3. The summed E-state index contributed by atoms with van der Waals surface area (Å²) in [7, 11) is 2.97. The molecule has 146 valence electrons. The Morgan fingerprint density at radius 1 is 1.26 bits per heavy atom. The van der Waals surface area contributed by atoms with Crippen LogP contribution in [0.25, 0.3) is 4.85 Å². The van der Waals surface area contributed by atoms with Crippen molar-refractivity contribution in [3.05, 3.63) is 34.3 Å². The van der Waals surface area contributed by atoms with Gasteiger partial charge in [0.15, 0.2) is 0 Å². The van der Waals surface area contributed by atoms with Crippen molar-refractivity contribution in [1.29, 1.82) is 0 Å². The van der Waals surface area contributed by atoms with Crippen LogP contribution in [0.5, 0.6) is 0 Å². The van der Waals surface area contributed by atoms with Gasteiger partial charge in [-0.05, 0) is 18.9 Å². The Hall–Kier alpha value is -2.54. The van der Waals surface area contributed by atoms with Crippen LogP contribution in [-0.4, -0.2) is 72.0 Å². The number of aliphatic hydroxyl groups excluding tert-OH is 1. The highest BCUT2D eigenvalue weighted by atomic mass is 16.5. The second kappa shape index (κ2) is 8.43. The first-order chi connectivity index (χ1) is 12.7. The van der Waals surface area contributed by atoms with Crippen LogP contribution in [0.3, 0.4) is 0 Å². The van der Waals surface area contributed by atoms with Crippen molar-refractivity contribution in [1.82, 2.24) is 4.90 Å². The van der Waals surface area contributed by atoms with Gasteiger partial charge in [-0.1, -0.05) is 6.08 Å². The minimum atomic E-state index is -1.35. The molecule has 0 bridgehead atoms. The molecule has 9 nitrogen and oxygen atoms in total. The van der Waals surface area contributed by atoms with Gasteiger partial charge in [-0.2, -0.15) is 0 Å². The van der Waals surface area contributed by atoms with Gasteiger partial charge in [-0.25, -0.2) is 4.85 Å². The first-order valence-corrected chi connectivity index (χ1v) is 8.37. The van der Waals surface area contributed by atoms with E-state index >= 15 is 0 Å². The molecule has 2 amide bonds. The van der Waals surface area contributed by atoms with E-state index in [2.05, 4.69) is 4.85 Å². The van der Waals surface area contributed by atoms with E-state index in [1.165, 1.54) is 21.1 Å². The minimum Gasteiger partial charge on any atom is -0.480 e. The number of carboxylic acid groups (broad SMARTS) is 1. The summed E-state index contributed by atoms with van der Waals surface area (Å²) in [4.78, 5) is 39.8. The quantitative estimate of drug-likeness (QED) is 0.403. The maximum absolute atomic E-state index is 12.7. The molecule has 2 rings (SSSR count). The third kappa shape index (κ3) is 4.08. The van der Waals surface area contributed by atoms with Gasteiger partial charge in [0.05, 0.1) is 24.9 Å². The molecular weight excluding hydrogens is 356 g/mol. The molecule has 1 saturated carbocycles. The van der Waals surface area contributed by atoms with E-state index in [0.29, 0.717) is 17.7 Å². The maximum Gasteiger partial charge on any atom is 0.323 e. The van der Waals surface area contributed by atoms with Gasteiger partial charge in [0.2, 0.25) is 0 Å². The molecule has 4 unspecified atom stereocenters. The Morgan fingerprint density at radius 3 is 2.41 bits per heavy atom. The summed E-state index contributed by atoms with van der Waals surface area (Å²) >= 11 is 0. The number of imide groups is 1. The Bertz CT molecular complexity index is 749. The highest BCUT2D eigenvalue weighted by Gasteiger charge is 2.40. The van der Waals surface area contributed by atoms with Crippen LogP contribution in [0.2, 0.25) is 0 Å². The zero-order chi connectivity index (χ0) is 20.3. The third-order valence-electron chi connectivity index (χ3n) is 4.96. The molecular formula is C18H22N2O7. The van der Waals surface area contributed by atoms with Crippen molar-refractivity contribution in [2.75, 3.05) is 20.8 Å². The van der Waals surface area contributed by atoms with Crippen LogP contribution in [0, 0.1) is 12.5 Å². The normalized spacial score (nSPS) is 30.6. The number of methoxy groups -OCH3 is 2. The number of hydrogen-bond donors (Lipinski definition) is 2. The molecule has 1 aliphatic heterocycles. The number of amides is 2. The average molecular weight is 378 g/mol. The zero-order valence-corrected chi connectivity index (χ0v) is 15.3. The fourth-order valence-electron chi connectivity index (χ4n) is 3.48. The van der Waals surface area contributed by atoms with Gasteiger partial charge < -0.3 is 19.7 Å². The van der Waals surface area contributed by atoms with Gasteiger partial charge in [-0.3, -0.25) is 19.3 Å². The number of aliphatic hydroxyl groups is 1. The van der Waals surface area contributed by atoms with E-state index in [1.807, 2.05) is 0 Å². The Labute approximate surface area is 156 Å². The van der Waals surface area contributed by atoms with Gasteiger partial charge in [0, 0.05) is 32.1 Å². The molecule has 0 aromatic carbocycles. The number of carbonyl (C=O) groups excluding carboxylic acids is 2. The van der Waals surface area contributed by atoms with Crippen LogP contribution >= 0.6 is 0 Å². The SMILES string of the molecule is [C-]#[N+]C1=C(C)/C(=C/C2CC(OC)C(O)CC2OC)C(=O)N(CC(=O)O)C1=O. The molecule has 4 atom stereocenters. The number of hydrogen-bond acceptors (Lipinski definition) is 6. The Balaban J connectivity index is 2.48. The Morgan fingerprint density at radius 2 is 1.89 bits per heavy atom. The summed E-state index contributed by atoms with van der Waals surface area (Å²) in [6.45, 7) is 7.89. The summed E-state index contributed by atoms with van der Waals surface area (Å²) in [5.41, 5.74) is 0.0203. The van der Waals surface area contributed by atoms with Crippen molar-refractivity contribution in [3.8, 4) is 0 Å². The molecule has 27 heavy (non-hydrogen) atoms. The van der Waals surface area contributed by atoms with Crippen LogP contribution in [-0.2, 0) is 23.9 Å². The molecule has 1 heterocycles. The lowest BCUT2D eigenvalue weighted by molar-refractivity contribution is -0.149. The lowest BCUT2D eigenvalue weighted by Crippen LogP contribution is -2.46. The average Bonchev–Trinajstić information content (AvgIpc) is 2.63. The van der Waals surface area contributed by atoms with Crippen molar-refractivity contribution >= 4 is 17.8 Å². The highest BCUT2D eigenvalue weighted by molar-refractivity contribution is 6.18. The molecule has 0 aromatic rings. The molecule has 0 spiro atoms. The van der Waals surface area contributed by atoms with E-state index in [9.17, 15) is 19.5 Å². The largest absolute Gasteiger partial charge is 0.480 e. The van der Waals surface area contributed by atoms with Crippen molar-refractivity contribution in [3.63, 3.8) is 0 Å². The van der Waals surface area contributed by atoms with Crippen molar-refractivity contribution < 1.29 is 34.1 Å². The van der Waals surface area contributed by atoms with E-state index in [0.717, 1.165) is 0 Å². The number of ether oxygens (including phenoxy) is 2. The molecule has 2 N–H and O–H groups in total. The second-order valence-electron chi connectivity index (χ2n) is 6.51. The molecule has 9 heteroatoms. The number of carboxylic acids is 1. The summed E-state index contributed by atoms with van der Waals surface area (Å²) in [5, 5.41) is 19.1. The molecule has 1 fully saturated rings. The molecule has 1 aliphatic carbocycles. The van der Waals surface area contributed by atoms with Crippen LogP contribution in [0.4, 0.5) is 0 Å². The lowest BCUT2D eigenvalue weighted by atomic mass is 9.80. The summed E-state index contributed by atoms with van der Waals surface area (Å²) in [6.07, 6.45) is 0.724. The number of nitrogens with zero attached hydrogens (tertiary/aromatic N) is 2. The van der Waals surface area contributed by atoms with Crippen molar-refractivity contribution in [2.24, 2.45) is 5.92 Å². The first-order valence-electron chi connectivity index (χ1n) is 8.37. The van der Waals surface area contributed by atoms with Crippen LogP contribution in [0.15, 0.2) is 22.9 Å².